The van der Waals surface area contributed by atoms with Crippen LogP contribution in [0.5, 0.6) is 0 Å². The number of thioether (sulfide) groups is 1. The van der Waals surface area contributed by atoms with Crippen LogP contribution in [-0.4, -0.2) is 24.8 Å². The summed E-state index contributed by atoms with van der Waals surface area (Å²) in [6, 6.07) is 7.07. The van der Waals surface area contributed by atoms with Gasteiger partial charge >= 0.3 is 0 Å². The molecule has 0 aromatic carbocycles. The predicted octanol–water partition coefficient (Wildman–Crippen LogP) is 3.32. The first-order valence-corrected chi connectivity index (χ1v) is 8.58. The van der Waals surface area contributed by atoms with Crippen molar-refractivity contribution in [3.63, 3.8) is 0 Å². The number of halogens is 2. The molecule has 120 valence electrons. The molecule has 0 bridgehead atoms. The molecule has 0 spiro atoms. The zero-order valence-corrected chi connectivity index (χ0v) is 13.3. The topological polar surface area (TPSA) is 54.3 Å². The fourth-order valence-electron chi connectivity index (χ4n) is 1.71. The number of hydrogen-bond donors (Lipinski definition) is 2. The van der Waals surface area contributed by atoms with E-state index >= 15 is 0 Å². The highest BCUT2D eigenvalue weighted by atomic mass is 32.2. The van der Waals surface area contributed by atoms with Crippen LogP contribution in [0.15, 0.2) is 34.1 Å². The first kappa shape index (κ1) is 17.0. The first-order chi connectivity index (χ1) is 10.6. The molecule has 2 N–H and O–H groups in total. The molecule has 8 heteroatoms. The smallest absolute Gasteiger partial charge is 0.284 e. The molecule has 0 aliphatic heterocycles. The third-order valence-electron chi connectivity index (χ3n) is 2.70. The number of furan rings is 1. The van der Waals surface area contributed by atoms with Gasteiger partial charge in [0.25, 0.3) is 11.7 Å². The first-order valence-electron chi connectivity index (χ1n) is 6.65. The van der Waals surface area contributed by atoms with Crippen LogP contribution in [0.2, 0.25) is 0 Å². The van der Waals surface area contributed by atoms with Crippen molar-refractivity contribution in [3.05, 3.63) is 46.0 Å². The van der Waals surface area contributed by atoms with Gasteiger partial charge < -0.3 is 15.1 Å². The molecule has 0 saturated carbocycles. The van der Waals surface area contributed by atoms with Crippen LogP contribution in [0.4, 0.5) is 8.78 Å². The maximum absolute atomic E-state index is 12.1. The molecule has 0 unspecified atom stereocenters. The van der Waals surface area contributed by atoms with Crippen molar-refractivity contribution in [2.24, 2.45) is 0 Å². The van der Waals surface area contributed by atoms with E-state index in [1.165, 1.54) is 11.3 Å². The molecule has 0 atom stereocenters. The summed E-state index contributed by atoms with van der Waals surface area (Å²) >= 11 is 1.94. The number of hydrogen-bond acceptors (Lipinski definition) is 5. The Morgan fingerprint density at radius 2 is 2.09 bits per heavy atom. The van der Waals surface area contributed by atoms with Gasteiger partial charge in [-0.3, -0.25) is 4.79 Å². The van der Waals surface area contributed by atoms with Crippen LogP contribution in [0.3, 0.4) is 0 Å². The molecule has 0 aliphatic rings. The quantitative estimate of drug-likeness (QED) is 0.684. The SMILES string of the molecule is O=C(NCCNCc1ccc(CSC(F)F)o1)c1cccs1. The lowest BCUT2D eigenvalue weighted by Gasteiger charge is -2.04. The van der Waals surface area contributed by atoms with Gasteiger partial charge in [-0.2, -0.15) is 8.78 Å². The van der Waals surface area contributed by atoms with Crippen LogP contribution in [-0.2, 0) is 12.3 Å². The Hall–Kier alpha value is -1.38. The summed E-state index contributed by atoms with van der Waals surface area (Å²) in [5.41, 5.74) is 0. The maximum atomic E-state index is 12.1. The number of nitrogens with one attached hydrogen (secondary N) is 2. The molecular weight excluding hydrogens is 330 g/mol. The second-order valence-corrected chi connectivity index (χ2v) is 6.28. The number of carbonyl (C=O) groups is 1. The minimum atomic E-state index is -2.39. The highest BCUT2D eigenvalue weighted by Crippen LogP contribution is 2.21. The van der Waals surface area contributed by atoms with E-state index in [0.717, 1.165) is 0 Å². The fraction of sp³-hybridized carbons (Fsp3) is 0.357. The largest absolute Gasteiger partial charge is 0.464 e. The summed E-state index contributed by atoms with van der Waals surface area (Å²) in [5, 5.41) is 7.78. The average molecular weight is 346 g/mol. The number of alkyl halides is 2. The summed E-state index contributed by atoms with van der Waals surface area (Å²) < 4.78 is 29.5. The predicted molar refractivity (Wildman–Crippen MR) is 84.4 cm³/mol. The standard InChI is InChI=1S/C14H16F2N2O2S2/c15-14(16)22-9-11-4-3-10(20-11)8-17-5-6-18-13(19)12-2-1-7-21-12/h1-4,7,14,17H,5-6,8-9H2,(H,18,19). The van der Waals surface area contributed by atoms with Gasteiger partial charge in [0.05, 0.1) is 17.2 Å². The molecular formula is C14H16F2N2O2S2. The van der Waals surface area contributed by atoms with E-state index in [4.69, 9.17) is 4.42 Å². The summed E-state index contributed by atoms with van der Waals surface area (Å²) in [6.45, 7) is 1.60. The Kier molecular flexibility index (Phi) is 6.88. The fourth-order valence-corrected chi connectivity index (χ4v) is 2.80. The highest BCUT2D eigenvalue weighted by molar-refractivity contribution is 7.98. The van der Waals surface area contributed by atoms with E-state index in [1.54, 1.807) is 18.2 Å². The minimum Gasteiger partial charge on any atom is -0.464 e. The van der Waals surface area contributed by atoms with Gasteiger partial charge in [0.1, 0.15) is 11.5 Å². The van der Waals surface area contributed by atoms with E-state index < -0.39 is 5.76 Å². The van der Waals surface area contributed by atoms with Crippen molar-refractivity contribution < 1.29 is 18.0 Å². The Labute approximate surface area is 135 Å². The van der Waals surface area contributed by atoms with Crippen LogP contribution in [0.1, 0.15) is 21.2 Å². The van der Waals surface area contributed by atoms with Crippen molar-refractivity contribution in [3.8, 4) is 0 Å². The van der Waals surface area contributed by atoms with Gasteiger partial charge in [-0.1, -0.05) is 17.8 Å². The second kappa shape index (κ2) is 8.92. The van der Waals surface area contributed by atoms with Crippen molar-refractivity contribution >= 4 is 29.0 Å². The van der Waals surface area contributed by atoms with Crippen LogP contribution in [0.25, 0.3) is 0 Å². The second-order valence-electron chi connectivity index (χ2n) is 4.35. The van der Waals surface area contributed by atoms with Crippen molar-refractivity contribution in [1.29, 1.82) is 0 Å². The molecule has 2 heterocycles. The third kappa shape index (κ3) is 5.78. The Morgan fingerprint density at radius 1 is 1.27 bits per heavy atom. The number of thiophene rings is 1. The summed E-state index contributed by atoms with van der Waals surface area (Å²) in [7, 11) is 0. The Balaban J connectivity index is 1.59. The Bertz CT molecular complexity index is 573. The Morgan fingerprint density at radius 3 is 2.82 bits per heavy atom. The zero-order chi connectivity index (χ0) is 15.8. The minimum absolute atomic E-state index is 0.0823. The van der Waals surface area contributed by atoms with Crippen molar-refractivity contribution in [2.45, 2.75) is 18.1 Å². The van der Waals surface area contributed by atoms with Crippen molar-refractivity contribution in [1.82, 2.24) is 10.6 Å². The van der Waals surface area contributed by atoms with Gasteiger partial charge in [0, 0.05) is 13.1 Å². The van der Waals surface area contributed by atoms with Crippen molar-refractivity contribution in [2.75, 3.05) is 13.1 Å². The van der Waals surface area contributed by atoms with Crippen LogP contribution >= 0.6 is 23.1 Å². The lowest BCUT2D eigenvalue weighted by atomic mass is 10.4. The average Bonchev–Trinajstić information content (AvgIpc) is 3.16. The molecule has 0 radical (unpaired) electrons. The van der Waals surface area contributed by atoms with Gasteiger partial charge in [-0.25, -0.2) is 0 Å². The van der Waals surface area contributed by atoms with E-state index in [-0.39, 0.29) is 11.7 Å². The molecule has 2 aromatic rings. The molecule has 0 fully saturated rings. The van der Waals surface area contributed by atoms with Crippen LogP contribution in [0, 0.1) is 0 Å². The van der Waals surface area contributed by atoms with Gasteiger partial charge in [-0.15, -0.1) is 11.3 Å². The molecule has 0 saturated heterocycles. The van der Waals surface area contributed by atoms with E-state index in [9.17, 15) is 13.6 Å². The lowest BCUT2D eigenvalue weighted by Crippen LogP contribution is -2.31. The summed E-state index contributed by atoms with van der Waals surface area (Å²) in [5.74, 6) is -1.09. The monoisotopic (exact) mass is 346 g/mol. The third-order valence-corrected chi connectivity index (χ3v) is 4.27. The molecule has 4 nitrogen and oxygen atoms in total. The maximum Gasteiger partial charge on any atom is 0.284 e. The lowest BCUT2D eigenvalue weighted by molar-refractivity contribution is 0.0958. The molecule has 22 heavy (non-hydrogen) atoms. The summed E-state index contributed by atoms with van der Waals surface area (Å²) in [4.78, 5) is 12.3. The van der Waals surface area contributed by atoms with Crippen LogP contribution < -0.4 is 10.6 Å². The van der Waals surface area contributed by atoms with E-state index in [1.807, 2.05) is 11.4 Å². The van der Waals surface area contributed by atoms with E-state index in [0.29, 0.717) is 47.8 Å². The number of carbonyl (C=O) groups excluding carboxylic acids is 1. The summed E-state index contributed by atoms with van der Waals surface area (Å²) in [6.07, 6.45) is 0. The highest BCUT2D eigenvalue weighted by Gasteiger charge is 2.07. The van der Waals surface area contributed by atoms with Gasteiger partial charge in [0.15, 0.2) is 0 Å². The normalized spacial score (nSPS) is 11.0. The number of rotatable bonds is 9. The molecule has 1 amide bonds. The van der Waals surface area contributed by atoms with Gasteiger partial charge in [-0.05, 0) is 23.6 Å². The molecule has 0 aliphatic carbocycles. The van der Waals surface area contributed by atoms with E-state index in [2.05, 4.69) is 10.6 Å². The van der Waals surface area contributed by atoms with Gasteiger partial charge in [0.2, 0.25) is 0 Å². The zero-order valence-electron chi connectivity index (χ0n) is 11.7. The molecule has 2 aromatic heterocycles. The number of amides is 1. The molecule has 2 rings (SSSR count).